The van der Waals surface area contributed by atoms with E-state index in [4.69, 9.17) is 0 Å². The number of benzene rings is 1. The average Bonchev–Trinajstić information content (AvgIpc) is 2.46. The number of piperazine rings is 1. The molecule has 1 atom stereocenters. The number of hydrogen-bond acceptors (Lipinski definition) is 3. The summed E-state index contributed by atoms with van der Waals surface area (Å²) in [7, 11) is 0. The normalized spacial score (nSPS) is 21.7. The van der Waals surface area contributed by atoms with Gasteiger partial charge in [0.1, 0.15) is 5.82 Å². The van der Waals surface area contributed by atoms with Crippen molar-refractivity contribution in [2.24, 2.45) is 0 Å². The van der Waals surface area contributed by atoms with Crippen molar-refractivity contribution >= 4 is 11.8 Å². The SMILES string of the molecule is CC1CN(C(=O)c2ccc(F)c3c2CCNC3)CC(=O)N1. The van der Waals surface area contributed by atoms with Crippen LogP contribution in [0.15, 0.2) is 12.1 Å². The van der Waals surface area contributed by atoms with Gasteiger partial charge in [-0.2, -0.15) is 0 Å². The molecule has 2 aliphatic heterocycles. The molecule has 5 nitrogen and oxygen atoms in total. The van der Waals surface area contributed by atoms with E-state index < -0.39 is 0 Å². The highest BCUT2D eigenvalue weighted by molar-refractivity contribution is 5.98. The maximum atomic E-state index is 13.9. The molecule has 3 rings (SSSR count). The first-order valence-corrected chi connectivity index (χ1v) is 7.16. The van der Waals surface area contributed by atoms with E-state index in [1.54, 1.807) is 11.0 Å². The van der Waals surface area contributed by atoms with E-state index in [0.29, 0.717) is 30.6 Å². The van der Waals surface area contributed by atoms with Gasteiger partial charge in [0.2, 0.25) is 5.91 Å². The van der Waals surface area contributed by atoms with Gasteiger partial charge in [0.25, 0.3) is 5.91 Å². The molecule has 2 amide bonds. The number of rotatable bonds is 1. The van der Waals surface area contributed by atoms with E-state index in [9.17, 15) is 14.0 Å². The minimum atomic E-state index is -0.279. The predicted molar refractivity (Wildman–Crippen MR) is 75.3 cm³/mol. The number of carbonyl (C=O) groups is 2. The van der Waals surface area contributed by atoms with E-state index in [1.165, 1.54) is 6.07 Å². The number of carbonyl (C=O) groups excluding carboxylic acids is 2. The summed E-state index contributed by atoms with van der Waals surface area (Å²) in [5, 5.41) is 5.90. The van der Waals surface area contributed by atoms with E-state index in [1.807, 2.05) is 6.92 Å². The van der Waals surface area contributed by atoms with E-state index in [0.717, 1.165) is 12.1 Å². The summed E-state index contributed by atoms with van der Waals surface area (Å²) < 4.78 is 13.9. The number of nitrogens with one attached hydrogen (secondary N) is 2. The third-order valence-corrected chi connectivity index (χ3v) is 3.98. The molecule has 2 aliphatic rings. The predicted octanol–water partition coefficient (Wildman–Crippen LogP) is 0.432. The van der Waals surface area contributed by atoms with Crippen LogP contribution in [0.3, 0.4) is 0 Å². The number of nitrogens with zero attached hydrogens (tertiary/aromatic N) is 1. The van der Waals surface area contributed by atoms with Gasteiger partial charge >= 0.3 is 0 Å². The largest absolute Gasteiger partial charge is 0.350 e. The second kappa shape index (κ2) is 5.44. The topological polar surface area (TPSA) is 61.4 Å². The van der Waals surface area contributed by atoms with Crippen LogP contribution in [0.4, 0.5) is 4.39 Å². The Kier molecular flexibility index (Phi) is 3.63. The van der Waals surface area contributed by atoms with Gasteiger partial charge < -0.3 is 15.5 Å². The Morgan fingerprint density at radius 1 is 1.38 bits per heavy atom. The van der Waals surface area contributed by atoms with Gasteiger partial charge in [-0.3, -0.25) is 9.59 Å². The second-order valence-corrected chi connectivity index (χ2v) is 5.63. The molecule has 2 N–H and O–H groups in total. The average molecular weight is 291 g/mol. The van der Waals surface area contributed by atoms with Crippen LogP contribution in [-0.2, 0) is 17.8 Å². The van der Waals surface area contributed by atoms with Crippen molar-refractivity contribution in [1.82, 2.24) is 15.5 Å². The zero-order chi connectivity index (χ0) is 15.0. The number of halogens is 1. The van der Waals surface area contributed by atoms with Crippen molar-refractivity contribution in [2.45, 2.75) is 25.9 Å². The Labute approximate surface area is 122 Å². The molecule has 0 aromatic heterocycles. The van der Waals surface area contributed by atoms with Gasteiger partial charge in [0.05, 0.1) is 6.54 Å². The maximum Gasteiger partial charge on any atom is 0.254 e. The van der Waals surface area contributed by atoms with Gasteiger partial charge in [-0.25, -0.2) is 4.39 Å². The van der Waals surface area contributed by atoms with Crippen molar-refractivity contribution in [3.8, 4) is 0 Å². The second-order valence-electron chi connectivity index (χ2n) is 5.63. The number of fused-ring (bicyclic) bond motifs is 1. The van der Waals surface area contributed by atoms with Crippen molar-refractivity contribution < 1.29 is 14.0 Å². The molecule has 1 unspecified atom stereocenters. The highest BCUT2D eigenvalue weighted by Gasteiger charge is 2.29. The lowest BCUT2D eigenvalue weighted by Gasteiger charge is -2.32. The number of amides is 2. The summed E-state index contributed by atoms with van der Waals surface area (Å²) in [4.78, 5) is 25.8. The highest BCUT2D eigenvalue weighted by Crippen LogP contribution is 2.23. The third-order valence-electron chi connectivity index (χ3n) is 3.98. The zero-order valence-electron chi connectivity index (χ0n) is 11.9. The molecule has 6 heteroatoms. The summed E-state index contributed by atoms with van der Waals surface area (Å²) in [6.07, 6.45) is 0.629. The molecule has 112 valence electrons. The van der Waals surface area contributed by atoms with Crippen LogP contribution in [0.5, 0.6) is 0 Å². The van der Waals surface area contributed by atoms with Crippen molar-refractivity contribution in [2.75, 3.05) is 19.6 Å². The van der Waals surface area contributed by atoms with Crippen LogP contribution in [0.1, 0.15) is 28.4 Å². The number of hydrogen-bond donors (Lipinski definition) is 2. The molecule has 0 saturated carbocycles. The summed E-state index contributed by atoms with van der Waals surface area (Å²) in [5.41, 5.74) is 1.87. The Hall–Kier alpha value is -1.95. The highest BCUT2D eigenvalue weighted by atomic mass is 19.1. The summed E-state index contributed by atoms with van der Waals surface area (Å²) in [5.74, 6) is -0.617. The summed E-state index contributed by atoms with van der Waals surface area (Å²) in [6, 6.07) is 2.82. The lowest BCUT2D eigenvalue weighted by atomic mass is 9.94. The Morgan fingerprint density at radius 2 is 2.19 bits per heavy atom. The molecule has 0 spiro atoms. The monoisotopic (exact) mass is 291 g/mol. The fraction of sp³-hybridized carbons (Fsp3) is 0.467. The molecule has 0 radical (unpaired) electrons. The minimum Gasteiger partial charge on any atom is -0.350 e. The molecule has 1 fully saturated rings. The van der Waals surface area contributed by atoms with Crippen LogP contribution in [-0.4, -0.2) is 42.4 Å². The van der Waals surface area contributed by atoms with E-state index in [2.05, 4.69) is 10.6 Å². The fourth-order valence-corrected chi connectivity index (χ4v) is 3.03. The van der Waals surface area contributed by atoms with Gasteiger partial charge in [0, 0.05) is 30.3 Å². The lowest BCUT2D eigenvalue weighted by Crippen LogP contribution is -2.54. The fourth-order valence-electron chi connectivity index (χ4n) is 3.03. The molecule has 1 saturated heterocycles. The van der Waals surface area contributed by atoms with Gasteiger partial charge in [-0.15, -0.1) is 0 Å². The van der Waals surface area contributed by atoms with Crippen LogP contribution < -0.4 is 10.6 Å². The first-order valence-electron chi connectivity index (χ1n) is 7.16. The molecular weight excluding hydrogens is 273 g/mol. The first kappa shape index (κ1) is 14.0. The standard InChI is InChI=1S/C15H18FN3O2/c1-9-7-19(8-14(20)18-9)15(21)11-2-3-13(16)12-6-17-5-4-10(11)12/h2-3,9,17H,4-8H2,1H3,(H,18,20). The lowest BCUT2D eigenvalue weighted by molar-refractivity contribution is -0.124. The third kappa shape index (κ3) is 2.63. The van der Waals surface area contributed by atoms with Crippen LogP contribution in [0.2, 0.25) is 0 Å². The molecule has 2 heterocycles. The Morgan fingerprint density at radius 3 is 2.95 bits per heavy atom. The summed E-state index contributed by atoms with van der Waals surface area (Å²) in [6.45, 7) is 3.58. The molecule has 1 aromatic carbocycles. The van der Waals surface area contributed by atoms with Crippen LogP contribution in [0.25, 0.3) is 0 Å². The summed E-state index contributed by atoms with van der Waals surface area (Å²) >= 11 is 0. The van der Waals surface area contributed by atoms with Gasteiger partial charge in [-0.1, -0.05) is 0 Å². The molecule has 1 aromatic rings. The zero-order valence-corrected chi connectivity index (χ0v) is 11.9. The Bertz CT molecular complexity index is 603. The molecule has 0 bridgehead atoms. The van der Waals surface area contributed by atoms with Crippen LogP contribution >= 0.6 is 0 Å². The van der Waals surface area contributed by atoms with Crippen molar-refractivity contribution in [1.29, 1.82) is 0 Å². The van der Waals surface area contributed by atoms with E-state index in [-0.39, 0.29) is 30.2 Å². The molecular formula is C15H18FN3O2. The van der Waals surface area contributed by atoms with Crippen molar-refractivity contribution in [3.05, 3.63) is 34.6 Å². The molecule has 21 heavy (non-hydrogen) atoms. The van der Waals surface area contributed by atoms with Crippen molar-refractivity contribution in [3.63, 3.8) is 0 Å². The smallest absolute Gasteiger partial charge is 0.254 e. The van der Waals surface area contributed by atoms with Crippen LogP contribution in [0, 0.1) is 5.82 Å². The Balaban J connectivity index is 1.93. The quantitative estimate of drug-likeness (QED) is 0.789. The molecule has 0 aliphatic carbocycles. The maximum absolute atomic E-state index is 13.9. The van der Waals surface area contributed by atoms with Gasteiger partial charge in [-0.05, 0) is 37.6 Å². The van der Waals surface area contributed by atoms with Gasteiger partial charge in [0.15, 0.2) is 0 Å². The first-order chi connectivity index (χ1) is 10.1. The van der Waals surface area contributed by atoms with E-state index >= 15 is 0 Å². The minimum absolute atomic E-state index is 0.0619.